The van der Waals surface area contributed by atoms with Gasteiger partial charge in [0.2, 0.25) is 0 Å². The monoisotopic (exact) mass is 254 g/mol. The number of halogens is 1. The maximum Gasteiger partial charge on any atom is 0.309 e. The summed E-state index contributed by atoms with van der Waals surface area (Å²) in [6.07, 6.45) is 0.531. The molecule has 0 radical (unpaired) electrons. The van der Waals surface area contributed by atoms with Gasteiger partial charge in [0.1, 0.15) is 0 Å². The highest BCUT2D eigenvalue weighted by Gasteiger charge is 2.26. The first-order chi connectivity index (χ1) is 4.36. The van der Waals surface area contributed by atoms with Crippen LogP contribution in [0.15, 0.2) is 10.2 Å². The minimum absolute atomic E-state index is 0.531. The summed E-state index contributed by atoms with van der Waals surface area (Å²) in [5.41, 5.74) is -0.668. The molecule has 3 heteroatoms. The number of carboxylic acids is 1. The van der Waals surface area contributed by atoms with Gasteiger partial charge in [0.05, 0.1) is 5.41 Å². The van der Waals surface area contributed by atoms with Gasteiger partial charge in [0.15, 0.2) is 0 Å². The number of allylic oxidation sites excluding steroid dienone is 1. The molecule has 0 fully saturated rings. The normalized spacial score (nSPS) is 11.1. The first-order valence-electron chi connectivity index (χ1n) is 2.93. The minimum Gasteiger partial charge on any atom is -0.481 e. The summed E-state index contributed by atoms with van der Waals surface area (Å²) in [6.45, 7) is 7.03. The molecule has 2 nitrogen and oxygen atoms in total. The summed E-state index contributed by atoms with van der Waals surface area (Å²) in [5.74, 6) is -0.773. The second-order valence-electron chi connectivity index (χ2n) is 2.88. The molecule has 0 bridgehead atoms. The Balaban J connectivity index is 4.13. The van der Waals surface area contributed by atoms with E-state index in [9.17, 15) is 4.79 Å². The van der Waals surface area contributed by atoms with Crippen LogP contribution in [0.2, 0.25) is 0 Å². The number of rotatable bonds is 3. The molecule has 0 aromatic rings. The quantitative estimate of drug-likeness (QED) is 0.785. The van der Waals surface area contributed by atoms with Crippen molar-refractivity contribution in [3.8, 4) is 0 Å². The molecule has 1 N–H and O–H groups in total. The number of carboxylic acid groups (broad SMARTS) is 1. The van der Waals surface area contributed by atoms with E-state index in [-0.39, 0.29) is 0 Å². The molecule has 0 aliphatic rings. The summed E-state index contributed by atoms with van der Waals surface area (Å²) in [7, 11) is 0. The molecule has 0 unspecified atom stereocenters. The Labute approximate surface area is 74.5 Å². The number of aliphatic carboxylic acids is 1. The van der Waals surface area contributed by atoms with Crippen molar-refractivity contribution in [2.45, 2.75) is 20.3 Å². The summed E-state index contributed by atoms with van der Waals surface area (Å²) >= 11 is 2.04. The second-order valence-corrected chi connectivity index (χ2v) is 4.41. The van der Waals surface area contributed by atoms with Gasteiger partial charge >= 0.3 is 5.97 Å². The molecular weight excluding hydrogens is 243 g/mol. The molecule has 0 amide bonds. The van der Waals surface area contributed by atoms with Crippen molar-refractivity contribution in [2.24, 2.45) is 5.41 Å². The van der Waals surface area contributed by atoms with Crippen molar-refractivity contribution in [3.63, 3.8) is 0 Å². The Bertz CT molecular complexity index is 161. The van der Waals surface area contributed by atoms with Crippen molar-refractivity contribution in [3.05, 3.63) is 10.2 Å². The van der Waals surface area contributed by atoms with Crippen LogP contribution in [0.5, 0.6) is 0 Å². The molecule has 0 saturated carbocycles. The molecule has 0 atom stereocenters. The summed E-state index contributed by atoms with van der Waals surface area (Å²) in [4.78, 5) is 10.5. The maximum atomic E-state index is 10.5. The van der Waals surface area contributed by atoms with Gasteiger partial charge in [-0.25, -0.2) is 0 Å². The van der Waals surface area contributed by atoms with Gasteiger partial charge in [-0.1, -0.05) is 6.58 Å². The Morgan fingerprint density at radius 3 is 2.20 bits per heavy atom. The van der Waals surface area contributed by atoms with E-state index in [1.807, 2.05) is 22.6 Å². The lowest BCUT2D eigenvalue weighted by molar-refractivity contribution is -0.146. The van der Waals surface area contributed by atoms with Crippen LogP contribution in [-0.4, -0.2) is 11.1 Å². The van der Waals surface area contributed by atoms with Crippen molar-refractivity contribution < 1.29 is 9.90 Å². The predicted octanol–water partition coefficient (Wildman–Crippen LogP) is 2.44. The smallest absolute Gasteiger partial charge is 0.309 e. The molecule has 0 heterocycles. The fourth-order valence-corrected chi connectivity index (χ4v) is 1.51. The fourth-order valence-electron chi connectivity index (χ4n) is 0.555. The lowest BCUT2D eigenvalue weighted by atomic mass is 9.90. The summed E-state index contributed by atoms with van der Waals surface area (Å²) < 4.78 is 0.880. The molecular formula is C7H11IO2. The highest BCUT2D eigenvalue weighted by atomic mass is 127. The van der Waals surface area contributed by atoms with Crippen LogP contribution < -0.4 is 0 Å². The van der Waals surface area contributed by atoms with Crippen LogP contribution >= 0.6 is 22.6 Å². The molecule has 0 aliphatic carbocycles. The number of hydrogen-bond donors (Lipinski definition) is 1. The molecule has 0 aromatic heterocycles. The SMILES string of the molecule is C=C(I)CC(C)(C)C(=O)O. The Morgan fingerprint density at radius 2 is 2.10 bits per heavy atom. The fraction of sp³-hybridized carbons (Fsp3) is 0.571. The largest absolute Gasteiger partial charge is 0.481 e. The standard InChI is InChI=1S/C7H11IO2/c1-5(8)4-7(2,3)6(9)10/h1,4H2,2-3H3,(H,9,10). The van der Waals surface area contributed by atoms with E-state index in [4.69, 9.17) is 5.11 Å². The van der Waals surface area contributed by atoms with Crippen molar-refractivity contribution in [1.82, 2.24) is 0 Å². The van der Waals surface area contributed by atoms with E-state index in [1.165, 1.54) is 0 Å². The van der Waals surface area contributed by atoms with Gasteiger partial charge in [0.25, 0.3) is 0 Å². The summed E-state index contributed by atoms with van der Waals surface area (Å²) in [5, 5.41) is 8.65. The molecule has 0 saturated heterocycles. The van der Waals surface area contributed by atoms with Gasteiger partial charge in [-0.2, -0.15) is 0 Å². The average Bonchev–Trinajstić information content (AvgIpc) is 1.60. The molecule has 10 heavy (non-hydrogen) atoms. The van der Waals surface area contributed by atoms with Crippen LogP contribution in [0.1, 0.15) is 20.3 Å². The van der Waals surface area contributed by atoms with Crippen molar-refractivity contribution in [2.75, 3.05) is 0 Å². The highest BCUT2D eigenvalue weighted by molar-refractivity contribution is 14.1. The zero-order valence-electron chi connectivity index (χ0n) is 6.15. The Kier molecular flexibility index (Phi) is 3.35. The second kappa shape index (κ2) is 3.37. The summed E-state index contributed by atoms with van der Waals surface area (Å²) in [6, 6.07) is 0. The van der Waals surface area contributed by atoms with E-state index < -0.39 is 11.4 Å². The van der Waals surface area contributed by atoms with E-state index in [2.05, 4.69) is 6.58 Å². The topological polar surface area (TPSA) is 37.3 Å². The van der Waals surface area contributed by atoms with E-state index in [0.29, 0.717) is 6.42 Å². The molecule has 0 rings (SSSR count). The van der Waals surface area contributed by atoms with E-state index >= 15 is 0 Å². The third-order valence-electron chi connectivity index (χ3n) is 1.21. The minimum atomic E-state index is -0.773. The van der Waals surface area contributed by atoms with Crippen molar-refractivity contribution >= 4 is 28.6 Å². The van der Waals surface area contributed by atoms with Gasteiger partial charge in [0, 0.05) is 0 Å². The van der Waals surface area contributed by atoms with Gasteiger partial charge < -0.3 is 5.11 Å². The molecule has 0 aromatic carbocycles. The molecule has 0 aliphatic heterocycles. The lowest BCUT2D eigenvalue weighted by Crippen LogP contribution is -2.23. The maximum absolute atomic E-state index is 10.5. The van der Waals surface area contributed by atoms with E-state index in [0.717, 1.165) is 3.58 Å². The highest BCUT2D eigenvalue weighted by Crippen LogP contribution is 2.27. The van der Waals surface area contributed by atoms with Gasteiger partial charge in [-0.15, -0.1) is 0 Å². The van der Waals surface area contributed by atoms with Gasteiger partial charge in [-0.05, 0) is 46.4 Å². The predicted molar refractivity (Wildman–Crippen MR) is 49.2 cm³/mol. The third-order valence-corrected chi connectivity index (χ3v) is 1.59. The number of carbonyl (C=O) groups is 1. The van der Waals surface area contributed by atoms with Crippen LogP contribution in [-0.2, 0) is 4.79 Å². The average molecular weight is 254 g/mol. The Hall–Kier alpha value is -0.0600. The Morgan fingerprint density at radius 1 is 1.70 bits per heavy atom. The first-order valence-corrected chi connectivity index (χ1v) is 4.01. The first kappa shape index (κ1) is 9.94. The van der Waals surface area contributed by atoms with Gasteiger partial charge in [-0.3, -0.25) is 4.79 Å². The molecule has 58 valence electrons. The zero-order chi connectivity index (χ0) is 8.36. The van der Waals surface area contributed by atoms with Crippen LogP contribution in [0, 0.1) is 5.41 Å². The van der Waals surface area contributed by atoms with Crippen LogP contribution in [0.25, 0.3) is 0 Å². The van der Waals surface area contributed by atoms with Crippen LogP contribution in [0.3, 0.4) is 0 Å². The number of hydrogen-bond acceptors (Lipinski definition) is 1. The lowest BCUT2D eigenvalue weighted by Gasteiger charge is -2.17. The van der Waals surface area contributed by atoms with Crippen LogP contribution in [0.4, 0.5) is 0 Å². The van der Waals surface area contributed by atoms with Crippen molar-refractivity contribution in [1.29, 1.82) is 0 Å². The third kappa shape index (κ3) is 3.20. The molecule has 0 spiro atoms. The zero-order valence-corrected chi connectivity index (χ0v) is 8.31. The van der Waals surface area contributed by atoms with E-state index in [1.54, 1.807) is 13.8 Å².